The second-order valence-electron chi connectivity index (χ2n) is 12.2. The predicted molar refractivity (Wildman–Crippen MR) is 155 cm³/mol. The molecule has 3 aliphatic carbocycles. The molecule has 1 aromatic rings. The molecule has 5 rings (SSSR count). The van der Waals surface area contributed by atoms with Crippen molar-refractivity contribution in [1.29, 1.82) is 0 Å². The molecule has 0 unspecified atom stereocenters. The van der Waals surface area contributed by atoms with Crippen molar-refractivity contribution >= 4 is 35.7 Å². The number of nitrogens with one attached hydrogen (secondary N) is 2. The molecule has 1 heterocycles. The van der Waals surface area contributed by atoms with Crippen LogP contribution in [0, 0.1) is 5.92 Å². The summed E-state index contributed by atoms with van der Waals surface area (Å²) in [5.41, 5.74) is -0.603. The van der Waals surface area contributed by atoms with Crippen LogP contribution in [0.5, 0.6) is 11.5 Å². The Hall–Kier alpha value is -4.70. The van der Waals surface area contributed by atoms with Gasteiger partial charge in [-0.15, -0.1) is 0 Å². The Morgan fingerprint density at radius 1 is 0.936 bits per heavy atom. The number of benzene rings is 1. The quantitative estimate of drug-likeness (QED) is 0.125. The number of carboxylic acids is 2. The van der Waals surface area contributed by atoms with E-state index in [1.54, 1.807) is 12.1 Å². The van der Waals surface area contributed by atoms with Gasteiger partial charge in [0.1, 0.15) is 23.6 Å². The molecule has 7 N–H and O–H groups in total. The van der Waals surface area contributed by atoms with Crippen LogP contribution in [0.15, 0.2) is 24.0 Å². The number of aromatic hydroxyl groups is 1. The van der Waals surface area contributed by atoms with Crippen molar-refractivity contribution in [3.05, 3.63) is 35.1 Å². The van der Waals surface area contributed by atoms with Gasteiger partial charge in [-0.25, -0.2) is 0 Å². The lowest BCUT2D eigenvalue weighted by molar-refractivity contribution is -0.200. The van der Waals surface area contributed by atoms with Gasteiger partial charge in [0.15, 0.2) is 17.6 Å². The van der Waals surface area contributed by atoms with E-state index in [1.165, 1.54) is 6.07 Å². The summed E-state index contributed by atoms with van der Waals surface area (Å²) in [7, 11) is 0. The number of ether oxygens (including phenoxy) is 3. The third-order valence-corrected chi connectivity index (χ3v) is 9.35. The highest BCUT2D eigenvalue weighted by Crippen LogP contribution is 2.68. The van der Waals surface area contributed by atoms with Crippen molar-refractivity contribution in [2.24, 2.45) is 5.92 Å². The number of carbonyl (C=O) groups excluding carboxylic acids is 4. The second kappa shape index (κ2) is 13.2. The van der Waals surface area contributed by atoms with Gasteiger partial charge in [-0.05, 0) is 37.0 Å². The number of aliphatic hydroxyl groups excluding tert-OH is 2. The normalized spacial score (nSPS) is 26.0. The summed E-state index contributed by atoms with van der Waals surface area (Å²) in [5.74, 6) is -5.97. The van der Waals surface area contributed by atoms with Crippen LogP contribution < -0.4 is 15.4 Å². The van der Waals surface area contributed by atoms with Crippen molar-refractivity contribution < 1.29 is 68.5 Å². The number of phenols is 1. The van der Waals surface area contributed by atoms with E-state index < -0.39 is 77.9 Å². The maximum absolute atomic E-state index is 13.3. The average molecular weight is 661 g/mol. The smallest absolute Gasteiger partial charge is 0.312 e. The summed E-state index contributed by atoms with van der Waals surface area (Å²) in [4.78, 5) is 71.7. The fraction of sp³-hybridized carbons (Fsp3) is 0.548. The van der Waals surface area contributed by atoms with E-state index in [0.29, 0.717) is 24.8 Å². The summed E-state index contributed by atoms with van der Waals surface area (Å²) >= 11 is 0. The molecule has 16 heteroatoms. The molecule has 0 radical (unpaired) electrons. The Morgan fingerprint density at radius 2 is 1.55 bits per heavy atom. The lowest BCUT2D eigenvalue weighted by Crippen LogP contribution is -2.69. The Balaban J connectivity index is 1.34. The molecule has 2 bridgehead atoms. The fourth-order valence-electron chi connectivity index (χ4n) is 7.48. The number of carboxylic acid groups (broad SMARTS) is 2. The first kappa shape index (κ1) is 33.7. The number of carbonyl (C=O) groups is 6. The summed E-state index contributed by atoms with van der Waals surface area (Å²) in [6.45, 7) is -0.454. The van der Waals surface area contributed by atoms with Crippen LogP contribution in [0.2, 0.25) is 0 Å². The molecule has 254 valence electrons. The van der Waals surface area contributed by atoms with Gasteiger partial charge in [-0.1, -0.05) is 12.5 Å². The standard InChI is InChI=1S/C31H36N2O14/c34-17-4-3-15-12-16-2-1-8-30-25(15)26(17)46-27(30)20(45-23(41)6-10-32-28(43)18(35)13-21(37)38)5-9-31(16,30)47-24(42)7-11-33-29(44)19(36)14-22(39)40/h3-5,16,18-19,27,34-36H,1-2,6-14H2,(H,32,43)(H,33,44)(H,37,38)(H,39,40)/t16-,18+,19+,27+,30+,31-/m1/s1. The van der Waals surface area contributed by atoms with E-state index in [2.05, 4.69) is 10.6 Å². The van der Waals surface area contributed by atoms with Crippen molar-refractivity contribution in [3.8, 4) is 11.5 Å². The van der Waals surface area contributed by atoms with Gasteiger partial charge in [-0.2, -0.15) is 0 Å². The van der Waals surface area contributed by atoms with E-state index in [4.69, 9.17) is 24.4 Å². The lowest BCUT2D eigenvalue weighted by atomic mass is 9.46. The highest BCUT2D eigenvalue weighted by molar-refractivity contribution is 5.86. The molecule has 1 fully saturated rings. The second-order valence-corrected chi connectivity index (χ2v) is 12.2. The third-order valence-electron chi connectivity index (χ3n) is 9.35. The number of hydrogen-bond donors (Lipinski definition) is 7. The SMILES string of the molecule is O=C(O)C[C@H](O)C(=O)NCCC(=O)OC1=CC[C@@]2(OC(=O)CCNC(=O)[C@@H](O)CC(=O)O)[C@@H]3CCC[C@@]24c2c(ccc(O)c2O[C@@H]14)C3. The molecule has 1 saturated carbocycles. The fourth-order valence-corrected chi connectivity index (χ4v) is 7.48. The molecule has 6 atom stereocenters. The highest BCUT2D eigenvalue weighted by Gasteiger charge is 2.73. The molecule has 1 aliphatic heterocycles. The molecule has 0 aromatic heterocycles. The number of aliphatic hydroxyl groups is 2. The summed E-state index contributed by atoms with van der Waals surface area (Å²) in [6, 6.07) is 3.32. The number of hydrogen-bond acceptors (Lipinski definition) is 12. The number of esters is 2. The van der Waals surface area contributed by atoms with Crippen LogP contribution in [0.4, 0.5) is 0 Å². The minimum Gasteiger partial charge on any atom is -0.504 e. The first-order valence-electron chi connectivity index (χ1n) is 15.3. The molecule has 2 amide bonds. The van der Waals surface area contributed by atoms with Crippen LogP contribution in [-0.2, 0) is 50.1 Å². The zero-order valence-electron chi connectivity index (χ0n) is 25.2. The summed E-state index contributed by atoms with van der Waals surface area (Å²) in [5, 5.41) is 52.3. The maximum atomic E-state index is 13.3. The first-order chi connectivity index (χ1) is 22.3. The minimum absolute atomic E-state index is 0.132. The Morgan fingerprint density at radius 3 is 2.17 bits per heavy atom. The molecule has 1 aromatic carbocycles. The van der Waals surface area contributed by atoms with Gasteiger partial charge >= 0.3 is 23.9 Å². The first-order valence-corrected chi connectivity index (χ1v) is 15.3. The van der Waals surface area contributed by atoms with Crippen molar-refractivity contribution in [1.82, 2.24) is 10.6 Å². The highest BCUT2D eigenvalue weighted by atomic mass is 16.6. The van der Waals surface area contributed by atoms with Crippen LogP contribution in [0.25, 0.3) is 0 Å². The average Bonchev–Trinajstić information content (AvgIpc) is 3.34. The van der Waals surface area contributed by atoms with Gasteiger partial charge in [0.05, 0.1) is 31.1 Å². The number of phenolic OH excluding ortho intramolecular Hbond substituents is 1. The predicted octanol–water partition coefficient (Wildman–Crippen LogP) is -0.456. The van der Waals surface area contributed by atoms with Crippen molar-refractivity contribution in [2.45, 2.75) is 87.1 Å². The molecule has 0 saturated heterocycles. The van der Waals surface area contributed by atoms with Gasteiger partial charge in [0.25, 0.3) is 0 Å². The molecule has 47 heavy (non-hydrogen) atoms. The molecule has 4 aliphatic rings. The van der Waals surface area contributed by atoms with Crippen LogP contribution in [-0.4, -0.2) is 98.2 Å². The number of rotatable bonds is 14. The molecule has 1 spiro atoms. The van der Waals surface area contributed by atoms with Gasteiger partial charge < -0.3 is 50.4 Å². The Bertz CT molecular complexity index is 1520. The molecular weight excluding hydrogens is 624 g/mol. The minimum atomic E-state index is -1.78. The zero-order valence-corrected chi connectivity index (χ0v) is 25.2. The summed E-state index contributed by atoms with van der Waals surface area (Å²) in [6.07, 6.45) is -2.51. The van der Waals surface area contributed by atoms with E-state index in [9.17, 15) is 44.1 Å². The van der Waals surface area contributed by atoms with Gasteiger partial charge in [-0.3, -0.25) is 28.8 Å². The van der Waals surface area contributed by atoms with Gasteiger partial charge in [0, 0.05) is 31.0 Å². The number of aliphatic carboxylic acids is 2. The zero-order chi connectivity index (χ0) is 34.1. The lowest BCUT2D eigenvalue weighted by Gasteiger charge is -2.60. The monoisotopic (exact) mass is 660 g/mol. The van der Waals surface area contributed by atoms with E-state index in [-0.39, 0.29) is 55.5 Å². The molecule has 16 nitrogen and oxygen atoms in total. The van der Waals surface area contributed by atoms with Crippen LogP contribution in [0.1, 0.15) is 62.5 Å². The van der Waals surface area contributed by atoms with Gasteiger partial charge in [0.2, 0.25) is 11.8 Å². The Labute approximate surface area is 267 Å². The molecular formula is C31H36N2O14. The largest absolute Gasteiger partial charge is 0.504 e. The third kappa shape index (κ3) is 6.22. The topological polar surface area (TPSA) is 255 Å². The van der Waals surface area contributed by atoms with Crippen LogP contribution in [0.3, 0.4) is 0 Å². The van der Waals surface area contributed by atoms with E-state index in [0.717, 1.165) is 12.0 Å². The number of amides is 2. The van der Waals surface area contributed by atoms with Crippen molar-refractivity contribution in [3.63, 3.8) is 0 Å². The van der Waals surface area contributed by atoms with Crippen LogP contribution >= 0.6 is 0 Å². The van der Waals surface area contributed by atoms with E-state index >= 15 is 0 Å². The Kier molecular flexibility index (Phi) is 9.45. The van der Waals surface area contributed by atoms with E-state index in [1.807, 2.05) is 0 Å². The van der Waals surface area contributed by atoms with Crippen molar-refractivity contribution in [2.75, 3.05) is 13.1 Å². The maximum Gasteiger partial charge on any atom is 0.312 e. The summed E-state index contributed by atoms with van der Waals surface area (Å²) < 4.78 is 18.4.